The van der Waals surface area contributed by atoms with E-state index in [4.69, 9.17) is 85.3 Å². The molecule has 4 N–H and O–H groups in total. The van der Waals surface area contributed by atoms with E-state index in [-0.39, 0.29) is 67.7 Å². The van der Waals surface area contributed by atoms with Crippen LogP contribution >= 0.6 is 21.6 Å². The second-order valence-corrected chi connectivity index (χ2v) is 28.2. The van der Waals surface area contributed by atoms with Crippen molar-refractivity contribution in [3.8, 4) is 11.5 Å². The Balaban J connectivity index is 1.20. The van der Waals surface area contributed by atoms with Crippen molar-refractivity contribution in [3.63, 3.8) is 0 Å². The third kappa shape index (κ3) is 23.7. The number of amides is 1. The standard InChI is InChI=1S/C67H105NO27S2/c1-43(2)38-48(68-62(76)95-63(5,6)7)55(72)61(75)91-50-41-67(77)59(93-60(74)47-39-46(78-11)14-15-49(47)79-12)57-65(10,51(70)40-52-66(57,42-90-52)94-45(4)69)58(73)56(54(44(50)3)64(67,8)9)92-53(71)16-17-80-18-19-81-20-21-82-22-23-83-24-25-84-26-27-85-28-29-86-30-31-87-32-33-88-34-35-89-36-37-97-96-13/h14-15,38-39,48,50-52,55-57,59,70,72,77H,16-37,40-42H2,1-13H3,(H,68,76)/t48-,50-,51?,52+,55+,56+,57?,59-,65+,66-,67+/m0/s1. The van der Waals surface area contributed by atoms with E-state index in [0.717, 1.165) is 19.3 Å². The summed E-state index contributed by atoms with van der Waals surface area (Å²) in [7, 11) is 6.18. The lowest BCUT2D eigenvalue weighted by atomic mass is 9.44. The molecule has 2 unspecified atom stereocenters. The number of esters is 4. The third-order valence-corrected chi connectivity index (χ3v) is 18.8. The first-order valence-corrected chi connectivity index (χ1v) is 35.4. The van der Waals surface area contributed by atoms with Gasteiger partial charge in [0, 0.05) is 30.9 Å². The van der Waals surface area contributed by atoms with Gasteiger partial charge in [-0.3, -0.25) is 14.4 Å². The number of fused-ring (bicyclic) bond motifs is 5. The van der Waals surface area contributed by atoms with Gasteiger partial charge in [0.2, 0.25) is 0 Å². The van der Waals surface area contributed by atoms with Crippen LogP contribution in [0, 0.1) is 16.7 Å². The highest BCUT2D eigenvalue weighted by Crippen LogP contribution is 2.64. The average Bonchev–Trinajstić information content (AvgIpc) is 0.670. The SMILES string of the molecule is COc1ccc(OC)c(C(=O)O[C@H]2C3[C@](C)(C(=O)[C@H](OC(=O)CCOCCOCCOCCOCCOCCOCCOCCOCCOCCOCCSSC)C4=C(C)[C@@H](OC(=O)[C@H](O)[C@H](C=C(C)C)NC(=O)OC(C)(C)C)C[C@]2(O)C4(C)C)C(O)C[C@H]2OC[C@@]32OC(C)=O)c1. The molecule has 552 valence electrons. The summed E-state index contributed by atoms with van der Waals surface area (Å²) in [4.78, 5) is 86.4. The van der Waals surface area contributed by atoms with E-state index in [2.05, 4.69) is 5.32 Å². The number of carbonyl (C=O) groups excluding carboxylic acids is 6. The Hall–Kier alpha value is -4.74. The van der Waals surface area contributed by atoms with E-state index in [1.165, 1.54) is 66.2 Å². The molecule has 1 saturated heterocycles. The Morgan fingerprint density at radius 1 is 0.732 bits per heavy atom. The molecule has 1 aliphatic heterocycles. The van der Waals surface area contributed by atoms with Crippen LogP contribution in [0.5, 0.6) is 11.5 Å². The molecule has 1 aromatic carbocycles. The van der Waals surface area contributed by atoms with Crippen LogP contribution in [0.2, 0.25) is 0 Å². The maximum Gasteiger partial charge on any atom is 0.408 e. The molecule has 3 fully saturated rings. The lowest BCUT2D eigenvalue weighted by molar-refractivity contribution is -0.346. The summed E-state index contributed by atoms with van der Waals surface area (Å²) >= 11 is 0. The number of allylic oxidation sites excluding steroid dienone is 1. The number of nitrogens with one attached hydrogen (secondary N) is 1. The molecule has 0 spiro atoms. The van der Waals surface area contributed by atoms with Gasteiger partial charge in [0.15, 0.2) is 23.6 Å². The number of rotatable bonds is 45. The second-order valence-electron chi connectivity index (χ2n) is 25.5. The molecule has 4 aliphatic rings. The number of Topliss-reactive ketones (excluding diaryl/α,β-unsaturated/α-hetero) is 1. The number of carbonyl (C=O) groups is 6. The molecular formula is C67H105NO27S2. The number of ketones is 1. The third-order valence-electron chi connectivity index (χ3n) is 17.0. The zero-order valence-corrected chi connectivity index (χ0v) is 60.2. The Kier molecular flexibility index (Phi) is 34.7. The molecule has 1 heterocycles. The van der Waals surface area contributed by atoms with Crippen molar-refractivity contribution in [2.75, 3.05) is 165 Å². The molecule has 2 bridgehead atoms. The van der Waals surface area contributed by atoms with Crippen LogP contribution in [-0.4, -0.2) is 276 Å². The second kappa shape index (κ2) is 40.6. The van der Waals surface area contributed by atoms with Crippen LogP contribution in [0.4, 0.5) is 4.79 Å². The van der Waals surface area contributed by atoms with Crippen LogP contribution in [0.15, 0.2) is 41.0 Å². The minimum absolute atomic E-state index is 0.0184. The van der Waals surface area contributed by atoms with Gasteiger partial charge in [-0.1, -0.05) is 47.1 Å². The van der Waals surface area contributed by atoms with Gasteiger partial charge in [0.1, 0.15) is 46.6 Å². The van der Waals surface area contributed by atoms with Crippen LogP contribution in [0.25, 0.3) is 0 Å². The monoisotopic (exact) mass is 1420 g/mol. The number of ether oxygens (including phenoxy) is 18. The summed E-state index contributed by atoms with van der Waals surface area (Å²) in [6.07, 6.45) is -9.40. The minimum atomic E-state index is -2.56. The molecule has 0 radical (unpaired) electrons. The number of hydrogen-bond acceptors (Lipinski definition) is 29. The van der Waals surface area contributed by atoms with Crippen molar-refractivity contribution in [2.45, 2.75) is 148 Å². The first-order valence-electron chi connectivity index (χ1n) is 32.7. The van der Waals surface area contributed by atoms with E-state index < -0.39 is 131 Å². The maximum absolute atomic E-state index is 16.2. The fourth-order valence-electron chi connectivity index (χ4n) is 12.2. The summed E-state index contributed by atoms with van der Waals surface area (Å²) < 4.78 is 103. The first-order chi connectivity index (χ1) is 46.1. The molecule has 28 nitrogen and oxygen atoms in total. The van der Waals surface area contributed by atoms with Gasteiger partial charge in [-0.2, -0.15) is 0 Å². The molecule has 3 aliphatic carbocycles. The summed E-state index contributed by atoms with van der Waals surface area (Å²) in [5.41, 5.74) is -9.09. The van der Waals surface area contributed by atoms with Gasteiger partial charge in [0.25, 0.3) is 0 Å². The highest BCUT2D eigenvalue weighted by molar-refractivity contribution is 8.76. The topological polar surface area (TPSA) is 341 Å². The number of aliphatic hydroxyl groups excluding tert-OH is 2. The zero-order chi connectivity index (χ0) is 71.4. The van der Waals surface area contributed by atoms with Crippen LogP contribution < -0.4 is 14.8 Å². The molecule has 1 amide bonds. The summed E-state index contributed by atoms with van der Waals surface area (Å²) in [6.45, 7) is 22.2. The fraction of sp³-hybridized carbons (Fsp3) is 0.761. The number of hydrogen-bond donors (Lipinski definition) is 4. The Labute approximate surface area is 577 Å². The predicted molar refractivity (Wildman–Crippen MR) is 353 cm³/mol. The van der Waals surface area contributed by atoms with Crippen molar-refractivity contribution in [1.29, 1.82) is 0 Å². The summed E-state index contributed by atoms with van der Waals surface area (Å²) in [6, 6.07) is 2.89. The molecule has 0 aromatic heterocycles. The number of methoxy groups -OCH3 is 2. The largest absolute Gasteiger partial charge is 0.497 e. The van der Waals surface area contributed by atoms with Gasteiger partial charge >= 0.3 is 30.0 Å². The molecule has 97 heavy (non-hydrogen) atoms. The molecule has 2 saturated carbocycles. The lowest BCUT2D eigenvalue weighted by Gasteiger charge is -2.67. The number of aliphatic hydroxyl groups is 3. The van der Waals surface area contributed by atoms with Crippen LogP contribution in [-0.2, 0) is 95.0 Å². The molecular weight excluding hydrogens is 1310 g/mol. The summed E-state index contributed by atoms with van der Waals surface area (Å²) in [5.74, 6) is -5.69. The molecule has 5 rings (SSSR count). The molecule has 11 atom stereocenters. The van der Waals surface area contributed by atoms with Gasteiger partial charge in [-0.25, -0.2) is 14.4 Å². The van der Waals surface area contributed by atoms with Crippen molar-refractivity contribution in [3.05, 3.63) is 46.6 Å². The number of alkyl carbamates (subject to hydrolysis) is 1. The van der Waals surface area contributed by atoms with E-state index in [1.54, 1.807) is 56.2 Å². The van der Waals surface area contributed by atoms with Crippen molar-refractivity contribution >= 4 is 57.3 Å². The Morgan fingerprint density at radius 3 is 1.68 bits per heavy atom. The fourth-order valence-corrected chi connectivity index (χ4v) is 13.3. The number of benzene rings is 1. The van der Waals surface area contributed by atoms with Gasteiger partial charge < -0.3 is 106 Å². The Morgan fingerprint density at radius 2 is 1.24 bits per heavy atom. The predicted octanol–water partition coefficient (Wildman–Crippen LogP) is 4.99. The van der Waals surface area contributed by atoms with Crippen molar-refractivity contribution < 1.29 is 129 Å². The van der Waals surface area contributed by atoms with Gasteiger partial charge in [-0.05, 0) is 84.1 Å². The minimum Gasteiger partial charge on any atom is -0.497 e. The molecule has 30 heteroatoms. The maximum atomic E-state index is 16.2. The van der Waals surface area contributed by atoms with Crippen LogP contribution in [0.3, 0.4) is 0 Å². The quantitative estimate of drug-likeness (QED) is 0.0220. The highest BCUT2D eigenvalue weighted by Gasteiger charge is 2.78. The van der Waals surface area contributed by atoms with E-state index >= 15 is 9.59 Å². The lowest BCUT2D eigenvalue weighted by Crippen LogP contribution is -2.82. The van der Waals surface area contributed by atoms with Gasteiger partial charge in [-0.15, -0.1) is 0 Å². The van der Waals surface area contributed by atoms with E-state index in [0.29, 0.717) is 98.1 Å². The van der Waals surface area contributed by atoms with Crippen molar-refractivity contribution in [2.24, 2.45) is 16.7 Å². The zero-order valence-electron chi connectivity index (χ0n) is 58.6. The normalized spacial score (nSPS) is 24.8. The van der Waals surface area contributed by atoms with Gasteiger partial charge in [0.05, 0.1) is 183 Å². The molecule has 1 aromatic rings. The average molecular weight is 1420 g/mol. The highest BCUT2D eigenvalue weighted by atomic mass is 33.1. The van der Waals surface area contributed by atoms with Crippen LogP contribution in [0.1, 0.15) is 98.9 Å². The first kappa shape index (κ1) is 82.9. The van der Waals surface area contributed by atoms with E-state index in [1.807, 2.05) is 6.26 Å². The summed E-state index contributed by atoms with van der Waals surface area (Å²) in [5, 5.41) is 40.8. The Bertz CT molecular complexity index is 2720. The van der Waals surface area contributed by atoms with E-state index in [9.17, 15) is 34.5 Å². The smallest absolute Gasteiger partial charge is 0.408 e. The van der Waals surface area contributed by atoms with Crippen molar-refractivity contribution in [1.82, 2.24) is 5.32 Å².